The Morgan fingerprint density at radius 1 is 1.45 bits per heavy atom. The lowest BCUT2D eigenvalue weighted by molar-refractivity contribution is -0.384. The summed E-state index contributed by atoms with van der Waals surface area (Å²) in [6.07, 6.45) is 3.49. The zero-order valence-corrected chi connectivity index (χ0v) is 12.3. The Balaban J connectivity index is 1.97. The standard InChI is InChI=1S/C13H23N5O2/c1-9(2)17-13(12(18(19)20)10(3)16-17)15-8-4-7-14-11-5-6-11/h9,11,14-15H,4-8H2,1-3H3. The van der Waals surface area contributed by atoms with Crippen LogP contribution in [0, 0.1) is 17.0 Å². The fourth-order valence-corrected chi connectivity index (χ4v) is 2.18. The lowest BCUT2D eigenvalue weighted by Crippen LogP contribution is -2.20. The molecule has 1 aliphatic carbocycles. The maximum Gasteiger partial charge on any atom is 0.333 e. The predicted molar refractivity (Wildman–Crippen MR) is 78.1 cm³/mol. The molecule has 1 fully saturated rings. The molecule has 1 heterocycles. The van der Waals surface area contributed by atoms with Gasteiger partial charge in [-0.05, 0) is 46.6 Å². The first-order valence-corrected chi connectivity index (χ1v) is 7.21. The van der Waals surface area contributed by atoms with Gasteiger partial charge in [0, 0.05) is 18.6 Å². The minimum Gasteiger partial charge on any atom is -0.364 e. The molecule has 1 saturated carbocycles. The average Bonchev–Trinajstić information content (AvgIpc) is 3.11. The van der Waals surface area contributed by atoms with Gasteiger partial charge in [-0.2, -0.15) is 5.10 Å². The van der Waals surface area contributed by atoms with Crippen LogP contribution in [0.25, 0.3) is 0 Å². The van der Waals surface area contributed by atoms with E-state index in [0.29, 0.717) is 24.1 Å². The first-order valence-electron chi connectivity index (χ1n) is 7.21. The summed E-state index contributed by atoms with van der Waals surface area (Å²) in [6.45, 7) is 7.27. The highest BCUT2D eigenvalue weighted by molar-refractivity contribution is 5.59. The van der Waals surface area contributed by atoms with E-state index in [9.17, 15) is 10.1 Å². The number of nitro groups is 1. The topological polar surface area (TPSA) is 85.0 Å². The largest absolute Gasteiger partial charge is 0.364 e. The van der Waals surface area contributed by atoms with E-state index in [4.69, 9.17) is 0 Å². The molecule has 1 aliphatic rings. The molecule has 0 saturated heterocycles. The Kier molecular flexibility index (Phi) is 4.59. The molecule has 20 heavy (non-hydrogen) atoms. The SMILES string of the molecule is Cc1nn(C(C)C)c(NCCCNC2CC2)c1[N+](=O)[O-]. The third-order valence-electron chi connectivity index (χ3n) is 3.38. The Morgan fingerprint density at radius 2 is 2.15 bits per heavy atom. The van der Waals surface area contributed by atoms with E-state index < -0.39 is 0 Å². The summed E-state index contributed by atoms with van der Waals surface area (Å²) in [7, 11) is 0. The van der Waals surface area contributed by atoms with Crippen molar-refractivity contribution < 1.29 is 4.92 Å². The van der Waals surface area contributed by atoms with E-state index >= 15 is 0 Å². The van der Waals surface area contributed by atoms with Gasteiger partial charge in [0.05, 0.1) is 4.92 Å². The van der Waals surface area contributed by atoms with E-state index in [1.165, 1.54) is 12.8 Å². The van der Waals surface area contributed by atoms with Crippen LogP contribution in [0.5, 0.6) is 0 Å². The van der Waals surface area contributed by atoms with E-state index in [0.717, 1.165) is 13.0 Å². The molecule has 0 aromatic carbocycles. The quantitative estimate of drug-likeness (QED) is 0.433. The summed E-state index contributed by atoms with van der Waals surface area (Å²) in [6, 6.07) is 0.794. The van der Waals surface area contributed by atoms with Crippen molar-refractivity contribution >= 4 is 11.5 Å². The summed E-state index contributed by atoms with van der Waals surface area (Å²) in [4.78, 5) is 10.8. The number of aromatic nitrogens is 2. The summed E-state index contributed by atoms with van der Waals surface area (Å²) in [5.41, 5.74) is 0.552. The second-order valence-corrected chi connectivity index (χ2v) is 5.59. The highest BCUT2D eigenvalue weighted by Crippen LogP contribution is 2.30. The summed E-state index contributed by atoms with van der Waals surface area (Å²) in [5.74, 6) is 0.522. The van der Waals surface area contributed by atoms with Crippen LogP contribution in [0.3, 0.4) is 0 Å². The summed E-state index contributed by atoms with van der Waals surface area (Å²) in [5, 5.41) is 22.0. The molecule has 112 valence electrons. The van der Waals surface area contributed by atoms with Crippen LogP contribution >= 0.6 is 0 Å². The minimum absolute atomic E-state index is 0.0915. The molecule has 0 aliphatic heterocycles. The Morgan fingerprint density at radius 3 is 2.70 bits per heavy atom. The minimum atomic E-state index is -0.355. The van der Waals surface area contributed by atoms with Crippen LogP contribution in [0.2, 0.25) is 0 Å². The van der Waals surface area contributed by atoms with Gasteiger partial charge in [0.25, 0.3) is 0 Å². The van der Waals surface area contributed by atoms with Gasteiger partial charge in [0.1, 0.15) is 5.69 Å². The normalized spacial score (nSPS) is 14.8. The van der Waals surface area contributed by atoms with E-state index in [1.807, 2.05) is 13.8 Å². The number of nitrogens with one attached hydrogen (secondary N) is 2. The Hall–Kier alpha value is -1.63. The molecule has 0 bridgehead atoms. The van der Waals surface area contributed by atoms with Gasteiger partial charge in [-0.15, -0.1) is 0 Å². The fraction of sp³-hybridized carbons (Fsp3) is 0.769. The molecular formula is C13H23N5O2. The third kappa shape index (κ3) is 3.47. The third-order valence-corrected chi connectivity index (χ3v) is 3.38. The van der Waals surface area contributed by atoms with Crippen LogP contribution in [0.1, 0.15) is 44.8 Å². The molecule has 0 amide bonds. The average molecular weight is 281 g/mol. The molecule has 7 heteroatoms. The Bertz CT molecular complexity index is 479. The lowest BCUT2D eigenvalue weighted by Gasteiger charge is -2.12. The zero-order valence-electron chi connectivity index (χ0n) is 12.3. The molecule has 2 N–H and O–H groups in total. The highest BCUT2D eigenvalue weighted by atomic mass is 16.6. The van der Waals surface area contributed by atoms with Gasteiger partial charge in [0.2, 0.25) is 5.82 Å². The molecular weight excluding hydrogens is 258 g/mol. The number of nitrogens with zero attached hydrogens (tertiary/aromatic N) is 3. The van der Waals surface area contributed by atoms with Crippen molar-refractivity contribution in [2.45, 2.75) is 52.1 Å². The van der Waals surface area contributed by atoms with E-state index in [1.54, 1.807) is 11.6 Å². The monoisotopic (exact) mass is 281 g/mol. The van der Waals surface area contributed by atoms with Gasteiger partial charge in [0.15, 0.2) is 0 Å². The van der Waals surface area contributed by atoms with Gasteiger partial charge in [-0.1, -0.05) is 0 Å². The van der Waals surface area contributed by atoms with Gasteiger partial charge < -0.3 is 10.6 Å². The maximum atomic E-state index is 11.2. The number of rotatable bonds is 8. The van der Waals surface area contributed by atoms with Crippen LogP contribution in [-0.2, 0) is 0 Å². The van der Waals surface area contributed by atoms with E-state index in [-0.39, 0.29) is 16.7 Å². The van der Waals surface area contributed by atoms with Crippen LogP contribution in [0.15, 0.2) is 0 Å². The van der Waals surface area contributed by atoms with Crippen molar-refractivity contribution in [2.75, 3.05) is 18.4 Å². The van der Waals surface area contributed by atoms with Gasteiger partial charge in [-0.3, -0.25) is 10.1 Å². The molecule has 2 rings (SSSR count). The second kappa shape index (κ2) is 6.21. The maximum absolute atomic E-state index is 11.2. The first-order chi connectivity index (χ1) is 9.50. The molecule has 0 radical (unpaired) electrons. The van der Waals surface area contributed by atoms with Crippen molar-refractivity contribution in [1.29, 1.82) is 0 Å². The van der Waals surface area contributed by atoms with Crippen LogP contribution in [-0.4, -0.2) is 33.8 Å². The second-order valence-electron chi connectivity index (χ2n) is 5.59. The lowest BCUT2D eigenvalue weighted by atomic mass is 10.3. The number of hydrogen-bond acceptors (Lipinski definition) is 5. The molecule has 0 atom stereocenters. The van der Waals surface area contributed by atoms with Crippen molar-refractivity contribution in [1.82, 2.24) is 15.1 Å². The highest BCUT2D eigenvalue weighted by Gasteiger charge is 2.26. The van der Waals surface area contributed by atoms with Crippen molar-refractivity contribution in [3.63, 3.8) is 0 Å². The number of anilines is 1. The molecule has 0 spiro atoms. The summed E-state index contributed by atoms with van der Waals surface area (Å²) < 4.78 is 1.70. The number of hydrogen-bond donors (Lipinski definition) is 2. The molecule has 1 aromatic heterocycles. The zero-order chi connectivity index (χ0) is 14.7. The molecule has 0 unspecified atom stereocenters. The van der Waals surface area contributed by atoms with Gasteiger partial charge in [-0.25, -0.2) is 4.68 Å². The van der Waals surface area contributed by atoms with Crippen molar-refractivity contribution in [3.8, 4) is 0 Å². The van der Waals surface area contributed by atoms with E-state index in [2.05, 4.69) is 15.7 Å². The Labute approximate surface area is 118 Å². The van der Waals surface area contributed by atoms with Crippen molar-refractivity contribution in [3.05, 3.63) is 15.8 Å². The molecule has 7 nitrogen and oxygen atoms in total. The fourth-order valence-electron chi connectivity index (χ4n) is 2.18. The first kappa shape index (κ1) is 14.8. The van der Waals surface area contributed by atoms with Crippen LogP contribution in [0.4, 0.5) is 11.5 Å². The predicted octanol–water partition coefficient (Wildman–Crippen LogP) is 2.23. The summed E-state index contributed by atoms with van der Waals surface area (Å²) >= 11 is 0. The molecule has 1 aromatic rings. The van der Waals surface area contributed by atoms with Crippen LogP contribution < -0.4 is 10.6 Å². The number of aryl methyl sites for hydroxylation is 1. The smallest absolute Gasteiger partial charge is 0.333 e. The van der Waals surface area contributed by atoms with Gasteiger partial charge >= 0.3 is 5.69 Å². The van der Waals surface area contributed by atoms with Crippen molar-refractivity contribution in [2.24, 2.45) is 0 Å².